The first kappa shape index (κ1) is 16.2. The zero-order chi connectivity index (χ0) is 17.1. The van der Waals surface area contributed by atoms with Crippen LogP contribution in [0.4, 0.5) is 0 Å². The summed E-state index contributed by atoms with van der Waals surface area (Å²) in [5, 5.41) is 19.5. The summed E-state index contributed by atoms with van der Waals surface area (Å²) in [4.78, 5) is 23.9. The van der Waals surface area contributed by atoms with Crippen molar-refractivity contribution in [3.63, 3.8) is 0 Å². The van der Waals surface area contributed by atoms with Crippen LogP contribution in [0, 0.1) is 0 Å². The lowest BCUT2D eigenvalue weighted by Gasteiger charge is -2.22. The van der Waals surface area contributed by atoms with Crippen LogP contribution >= 0.6 is 0 Å². The fraction of sp³-hybridized carbons (Fsp3) is 0.300. The quantitative estimate of drug-likeness (QED) is 0.819. The van der Waals surface area contributed by atoms with Gasteiger partial charge in [0.2, 0.25) is 0 Å². The summed E-state index contributed by atoms with van der Waals surface area (Å²) in [6, 6.07) is 11.2. The van der Waals surface area contributed by atoms with Crippen LogP contribution in [0.25, 0.3) is 0 Å². The number of carboxylic acids is 1. The Hall–Kier alpha value is -2.62. The molecule has 0 aromatic heterocycles. The van der Waals surface area contributed by atoms with Crippen molar-refractivity contribution < 1.29 is 19.8 Å². The van der Waals surface area contributed by atoms with E-state index < -0.39 is 11.8 Å². The lowest BCUT2D eigenvalue weighted by Crippen LogP contribution is -2.10. The predicted molar refractivity (Wildman–Crippen MR) is 90.8 cm³/mol. The van der Waals surface area contributed by atoms with Crippen molar-refractivity contribution in [2.75, 3.05) is 0 Å². The zero-order valence-corrected chi connectivity index (χ0v) is 13.4. The highest BCUT2D eigenvalue weighted by Gasteiger charge is 2.22. The Bertz CT molecular complexity index is 773. The second-order valence-electron chi connectivity index (χ2n) is 6.29. The molecule has 0 aliphatic heterocycles. The van der Waals surface area contributed by atoms with Gasteiger partial charge in [-0.25, -0.2) is 4.79 Å². The van der Waals surface area contributed by atoms with Gasteiger partial charge < -0.3 is 10.2 Å². The SMILES string of the molecule is O=C(O)c1ccccc1C(=O)c1ccc(C2CCCCC2)cc1O. The highest BCUT2D eigenvalue weighted by Crippen LogP contribution is 2.35. The summed E-state index contributed by atoms with van der Waals surface area (Å²) in [7, 11) is 0. The molecule has 0 saturated heterocycles. The smallest absolute Gasteiger partial charge is 0.336 e. The molecule has 0 bridgehead atoms. The zero-order valence-electron chi connectivity index (χ0n) is 13.4. The average molecular weight is 324 g/mol. The van der Waals surface area contributed by atoms with Gasteiger partial charge in [-0.2, -0.15) is 0 Å². The number of aromatic hydroxyl groups is 1. The molecule has 2 aromatic carbocycles. The molecule has 24 heavy (non-hydrogen) atoms. The summed E-state index contributed by atoms with van der Waals surface area (Å²) in [6.07, 6.45) is 5.85. The minimum atomic E-state index is -1.16. The molecular weight excluding hydrogens is 304 g/mol. The van der Waals surface area contributed by atoms with Gasteiger partial charge in [0.1, 0.15) is 5.75 Å². The fourth-order valence-corrected chi connectivity index (χ4v) is 3.44. The van der Waals surface area contributed by atoms with Gasteiger partial charge in [0, 0.05) is 5.56 Å². The molecule has 0 heterocycles. The van der Waals surface area contributed by atoms with Crippen molar-refractivity contribution in [1.82, 2.24) is 0 Å². The van der Waals surface area contributed by atoms with Crippen LogP contribution in [0.3, 0.4) is 0 Å². The molecule has 0 unspecified atom stereocenters. The van der Waals surface area contributed by atoms with Crippen LogP contribution in [0.2, 0.25) is 0 Å². The lowest BCUT2D eigenvalue weighted by molar-refractivity contribution is 0.0692. The van der Waals surface area contributed by atoms with Crippen molar-refractivity contribution in [3.8, 4) is 5.75 Å². The molecule has 0 atom stereocenters. The Morgan fingerprint density at radius 2 is 1.54 bits per heavy atom. The number of hydrogen-bond donors (Lipinski definition) is 2. The van der Waals surface area contributed by atoms with Crippen LogP contribution in [0.1, 0.15) is 69.9 Å². The van der Waals surface area contributed by atoms with Crippen LogP contribution in [-0.4, -0.2) is 22.0 Å². The molecule has 124 valence electrons. The van der Waals surface area contributed by atoms with Gasteiger partial charge in [-0.1, -0.05) is 43.5 Å². The fourth-order valence-electron chi connectivity index (χ4n) is 3.44. The maximum atomic E-state index is 12.7. The van der Waals surface area contributed by atoms with Crippen molar-refractivity contribution in [3.05, 3.63) is 64.7 Å². The highest BCUT2D eigenvalue weighted by atomic mass is 16.4. The minimum Gasteiger partial charge on any atom is -0.507 e. The number of ketones is 1. The van der Waals surface area contributed by atoms with Gasteiger partial charge in [-0.15, -0.1) is 0 Å². The molecule has 2 N–H and O–H groups in total. The van der Waals surface area contributed by atoms with E-state index in [1.54, 1.807) is 24.3 Å². The normalized spacial score (nSPS) is 15.2. The summed E-state index contributed by atoms with van der Waals surface area (Å²) in [5.74, 6) is -1.28. The summed E-state index contributed by atoms with van der Waals surface area (Å²) in [6.45, 7) is 0. The molecule has 4 heteroatoms. The Morgan fingerprint density at radius 3 is 2.17 bits per heavy atom. The number of benzene rings is 2. The monoisotopic (exact) mass is 324 g/mol. The molecule has 1 aliphatic carbocycles. The first-order chi connectivity index (χ1) is 11.6. The number of phenolic OH excluding ortho intramolecular Hbond substituents is 1. The molecular formula is C20H20O4. The van der Waals surface area contributed by atoms with Crippen LogP contribution in [-0.2, 0) is 0 Å². The number of phenols is 1. The molecule has 0 spiro atoms. The maximum Gasteiger partial charge on any atom is 0.336 e. The lowest BCUT2D eigenvalue weighted by atomic mass is 9.83. The van der Waals surface area contributed by atoms with E-state index in [0.29, 0.717) is 5.92 Å². The van der Waals surface area contributed by atoms with Gasteiger partial charge in [-0.05, 0) is 42.5 Å². The maximum absolute atomic E-state index is 12.7. The Morgan fingerprint density at radius 1 is 0.875 bits per heavy atom. The third kappa shape index (κ3) is 3.18. The molecule has 1 fully saturated rings. The number of aromatic carboxylic acids is 1. The van der Waals surface area contributed by atoms with Crippen molar-refractivity contribution in [2.24, 2.45) is 0 Å². The van der Waals surface area contributed by atoms with Crippen LogP contribution in [0.5, 0.6) is 5.75 Å². The Balaban J connectivity index is 1.92. The van der Waals surface area contributed by atoms with E-state index in [1.165, 1.54) is 31.4 Å². The van der Waals surface area contributed by atoms with Gasteiger partial charge in [-0.3, -0.25) is 4.79 Å². The number of carbonyl (C=O) groups excluding carboxylic acids is 1. The summed E-state index contributed by atoms with van der Waals surface area (Å²) in [5.41, 5.74) is 1.22. The third-order valence-electron chi connectivity index (χ3n) is 4.75. The molecule has 3 rings (SSSR count). The second-order valence-corrected chi connectivity index (χ2v) is 6.29. The van der Waals surface area contributed by atoms with Gasteiger partial charge in [0.15, 0.2) is 5.78 Å². The third-order valence-corrected chi connectivity index (χ3v) is 4.75. The molecule has 0 amide bonds. The van der Waals surface area contributed by atoms with Crippen molar-refractivity contribution in [1.29, 1.82) is 0 Å². The molecule has 1 aliphatic rings. The van der Waals surface area contributed by atoms with E-state index >= 15 is 0 Å². The number of rotatable bonds is 4. The second kappa shape index (κ2) is 6.87. The van der Waals surface area contributed by atoms with Crippen LogP contribution < -0.4 is 0 Å². The number of carbonyl (C=O) groups is 2. The largest absolute Gasteiger partial charge is 0.507 e. The highest BCUT2D eigenvalue weighted by molar-refractivity contribution is 6.15. The Labute approximate surface area is 140 Å². The number of carboxylic acid groups (broad SMARTS) is 1. The minimum absolute atomic E-state index is 0.0572. The summed E-state index contributed by atoms with van der Waals surface area (Å²) >= 11 is 0. The molecule has 2 aromatic rings. The first-order valence-corrected chi connectivity index (χ1v) is 8.28. The Kier molecular flexibility index (Phi) is 4.65. The number of hydrogen-bond acceptors (Lipinski definition) is 3. The predicted octanol–water partition coefficient (Wildman–Crippen LogP) is 4.37. The van der Waals surface area contributed by atoms with E-state index in [9.17, 15) is 19.8 Å². The van der Waals surface area contributed by atoms with E-state index in [1.807, 2.05) is 6.07 Å². The van der Waals surface area contributed by atoms with Gasteiger partial charge in [0.25, 0.3) is 0 Å². The molecule has 4 nitrogen and oxygen atoms in total. The van der Waals surface area contributed by atoms with Gasteiger partial charge >= 0.3 is 5.97 Å². The molecule has 1 saturated carbocycles. The topological polar surface area (TPSA) is 74.6 Å². The first-order valence-electron chi connectivity index (χ1n) is 8.28. The van der Waals surface area contributed by atoms with E-state index in [-0.39, 0.29) is 22.4 Å². The standard InChI is InChI=1S/C20H20O4/c21-18-12-14(13-6-2-1-3-7-13)10-11-17(18)19(22)15-8-4-5-9-16(15)20(23)24/h4-5,8-13,21H,1-3,6-7H2,(H,23,24). The average Bonchev–Trinajstić information content (AvgIpc) is 2.62. The molecule has 0 radical (unpaired) electrons. The van der Waals surface area contributed by atoms with E-state index in [0.717, 1.165) is 18.4 Å². The van der Waals surface area contributed by atoms with E-state index in [4.69, 9.17) is 0 Å². The summed E-state index contributed by atoms with van der Waals surface area (Å²) < 4.78 is 0. The van der Waals surface area contributed by atoms with Crippen LogP contribution in [0.15, 0.2) is 42.5 Å². The van der Waals surface area contributed by atoms with Crippen molar-refractivity contribution in [2.45, 2.75) is 38.0 Å². The van der Waals surface area contributed by atoms with Crippen molar-refractivity contribution >= 4 is 11.8 Å². The van der Waals surface area contributed by atoms with Gasteiger partial charge in [0.05, 0.1) is 11.1 Å². The van der Waals surface area contributed by atoms with E-state index in [2.05, 4.69) is 0 Å².